The summed E-state index contributed by atoms with van der Waals surface area (Å²) in [5, 5.41) is 3.74. The lowest BCUT2D eigenvalue weighted by atomic mass is 10.1. The average Bonchev–Trinajstić information content (AvgIpc) is 2.42. The molecular formula is C16H14BrCl2NO2. The molecule has 0 radical (unpaired) electrons. The van der Waals surface area contributed by atoms with E-state index in [2.05, 4.69) is 21.2 Å². The molecule has 0 aliphatic carbocycles. The molecule has 2 aromatic carbocycles. The van der Waals surface area contributed by atoms with Gasteiger partial charge in [0.2, 0.25) is 0 Å². The summed E-state index contributed by atoms with van der Waals surface area (Å²) in [5.41, 5.74) is 2.74. The van der Waals surface area contributed by atoms with Crippen LogP contribution in [0.4, 0.5) is 5.69 Å². The fraction of sp³-hybridized carbons (Fsp3) is 0.188. The van der Waals surface area contributed by atoms with Gasteiger partial charge in [-0.3, -0.25) is 4.79 Å². The van der Waals surface area contributed by atoms with Crippen LogP contribution in [0.3, 0.4) is 0 Å². The molecule has 1 amide bonds. The number of aryl methyl sites for hydroxylation is 2. The third-order valence-corrected chi connectivity index (χ3v) is 4.00. The number of anilines is 1. The minimum Gasteiger partial charge on any atom is -0.482 e. The molecule has 0 bridgehead atoms. The summed E-state index contributed by atoms with van der Waals surface area (Å²) in [6.45, 7) is 3.74. The van der Waals surface area contributed by atoms with Gasteiger partial charge in [0, 0.05) is 15.2 Å². The zero-order chi connectivity index (χ0) is 16.3. The van der Waals surface area contributed by atoms with Crippen molar-refractivity contribution in [2.75, 3.05) is 11.9 Å². The molecule has 0 spiro atoms. The number of rotatable bonds is 4. The summed E-state index contributed by atoms with van der Waals surface area (Å²) >= 11 is 15.2. The van der Waals surface area contributed by atoms with Gasteiger partial charge in [0.25, 0.3) is 5.91 Å². The minimum atomic E-state index is -0.250. The Kier molecular flexibility index (Phi) is 5.73. The highest BCUT2D eigenvalue weighted by atomic mass is 79.9. The summed E-state index contributed by atoms with van der Waals surface area (Å²) < 4.78 is 6.39. The Morgan fingerprint density at radius 2 is 1.82 bits per heavy atom. The first-order chi connectivity index (χ1) is 10.4. The van der Waals surface area contributed by atoms with Crippen molar-refractivity contribution in [1.82, 2.24) is 0 Å². The molecule has 0 aliphatic heterocycles. The summed E-state index contributed by atoms with van der Waals surface area (Å²) in [6.07, 6.45) is 0. The lowest BCUT2D eigenvalue weighted by Crippen LogP contribution is -2.21. The summed E-state index contributed by atoms with van der Waals surface area (Å²) in [5.74, 6) is 0.171. The second-order valence-electron chi connectivity index (χ2n) is 4.83. The topological polar surface area (TPSA) is 38.3 Å². The highest BCUT2D eigenvalue weighted by Gasteiger charge is 2.10. The van der Waals surface area contributed by atoms with E-state index in [0.29, 0.717) is 15.8 Å². The highest BCUT2D eigenvalue weighted by molar-refractivity contribution is 9.10. The molecule has 3 nitrogen and oxygen atoms in total. The molecule has 2 rings (SSSR count). The molecule has 2 aromatic rings. The molecule has 1 N–H and O–H groups in total. The second-order valence-corrected chi connectivity index (χ2v) is 6.59. The highest BCUT2D eigenvalue weighted by Crippen LogP contribution is 2.28. The maximum Gasteiger partial charge on any atom is 0.262 e. The van der Waals surface area contributed by atoms with Gasteiger partial charge in [-0.15, -0.1) is 0 Å². The van der Waals surface area contributed by atoms with Crippen LogP contribution in [-0.2, 0) is 4.79 Å². The molecule has 0 heterocycles. The zero-order valence-corrected chi connectivity index (χ0v) is 15.1. The van der Waals surface area contributed by atoms with Crippen molar-refractivity contribution >= 4 is 50.7 Å². The summed E-state index contributed by atoms with van der Waals surface area (Å²) in [6, 6.07) is 8.75. The average molecular weight is 403 g/mol. The lowest BCUT2D eigenvalue weighted by Gasteiger charge is -2.13. The summed E-state index contributed by atoms with van der Waals surface area (Å²) in [4.78, 5) is 12.0. The van der Waals surface area contributed by atoms with Gasteiger partial charge in [0.15, 0.2) is 6.61 Å². The molecule has 116 valence electrons. The van der Waals surface area contributed by atoms with E-state index < -0.39 is 0 Å². The Hall–Kier alpha value is -1.23. The van der Waals surface area contributed by atoms with Crippen molar-refractivity contribution in [2.24, 2.45) is 0 Å². The maximum absolute atomic E-state index is 12.0. The van der Waals surface area contributed by atoms with Crippen LogP contribution in [0.1, 0.15) is 11.1 Å². The molecule has 0 atom stereocenters. The maximum atomic E-state index is 12.0. The van der Waals surface area contributed by atoms with Crippen LogP contribution in [0.5, 0.6) is 5.75 Å². The smallest absolute Gasteiger partial charge is 0.262 e. The summed E-state index contributed by atoms with van der Waals surface area (Å²) in [7, 11) is 0. The Bertz CT molecular complexity index is 696. The number of hydrogen-bond acceptors (Lipinski definition) is 2. The van der Waals surface area contributed by atoms with Gasteiger partial charge < -0.3 is 10.1 Å². The number of benzene rings is 2. The first-order valence-corrected chi connectivity index (χ1v) is 8.06. The third-order valence-electron chi connectivity index (χ3n) is 3.01. The van der Waals surface area contributed by atoms with Gasteiger partial charge in [-0.1, -0.05) is 39.1 Å². The number of hydrogen-bond donors (Lipinski definition) is 1. The molecular weight excluding hydrogens is 389 g/mol. The lowest BCUT2D eigenvalue weighted by molar-refractivity contribution is -0.118. The largest absolute Gasteiger partial charge is 0.482 e. The number of amides is 1. The third kappa shape index (κ3) is 4.38. The van der Waals surface area contributed by atoms with Crippen molar-refractivity contribution in [3.63, 3.8) is 0 Å². The van der Waals surface area contributed by atoms with Gasteiger partial charge in [-0.05, 0) is 55.3 Å². The number of ether oxygens (including phenoxy) is 1. The standard InChI is InChI=1S/C16H14BrCl2NO2/c1-9-5-11(17)6-10(2)16(9)20-15(21)8-22-14-4-3-12(18)7-13(14)19/h3-7H,8H2,1-2H3,(H,20,21). The fourth-order valence-corrected chi connectivity index (χ4v) is 3.17. The van der Waals surface area contributed by atoms with Crippen molar-refractivity contribution in [2.45, 2.75) is 13.8 Å². The molecule has 22 heavy (non-hydrogen) atoms. The van der Waals surface area contributed by atoms with Crippen LogP contribution in [0.2, 0.25) is 10.0 Å². The van der Waals surface area contributed by atoms with Crippen LogP contribution in [0.15, 0.2) is 34.8 Å². The van der Waals surface area contributed by atoms with Crippen LogP contribution < -0.4 is 10.1 Å². The number of carbonyl (C=O) groups is 1. The van der Waals surface area contributed by atoms with Crippen molar-refractivity contribution < 1.29 is 9.53 Å². The first kappa shape index (κ1) is 17.1. The van der Waals surface area contributed by atoms with Gasteiger partial charge >= 0.3 is 0 Å². The molecule has 6 heteroatoms. The van der Waals surface area contributed by atoms with Crippen molar-refractivity contribution in [3.05, 3.63) is 56.0 Å². The predicted molar refractivity (Wildman–Crippen MR) is 94.2 cm³/mol. The van der Waals surface area contributed by atoms with Crippen LogP contribution in [0, 0.1) is 13.8 Å². The normalized spacial score (nSPS) is 10.4. The fourth-order valence-electron chi connectivity index (χ4n) is 2.02. The van der Waals surface area contributed by atoms with Crippen LogP contribution in [0.25, 0.3) is 0 Å². The molecule has 0 aromatic heterocycles. The Morgan fingerprint density at radius 1 is 1.18 bits per heavy atom. The molecule has 0 unspecified atom stereocenters. The number of nitrogens with one attached hydrogen (secondary N) is 1. The van der Waals surface area contributed by atoms with Crippen molar-refractivity contribution in [3.8, 4) is 5.75 Å². The second kappa shape index (κ2) is 7.36. The van der Waals surface area contributed by atoms with Crippen LogP contribution >= 0.6 is 39.1 Å². The van der Waals surface area contributed by atoms with E-state index in [1.165, 1.54) is 0 Å². The monoisotopic (exact) mass is 401 g/mol. The molecule has 0 saturated heterocycles. The Labute approximate surface area is 147 Å². The van der Waals surface area contributed by atoms with Gasteiger partial charge in [-0.2, -0.15) is 0 Å². The number of halogens is 3. The van der Waals surface area contributed by atoms with E-state index in [9.17, 15) is 4.79 Å². The zero-order valence-electron chi connectivity index (χ0n) is 12.0. The minimum absolute atomic E-state index is 0.129. The van der Waals surface area contributed by atoms with Gasteiger partial charge in [0.05, 0.1) is 5.02 Å². The van der Waals surface area contributed by atoms with Gasteiger partial charge in [-0.25, -0.2) is 0 Å². The van der Waals surface area contributed by atoms with E-state index in [4.69, 9.17) is 27.9 Å². The molecule has 0 aliphatic rings. The SMILES string of the molecule is Cc1cc(Br)cc(C)c1NC(=O)COc1ccc(Cl)cc1Cl. The van der Waals surface area contributed by atoms with Crippen LogP contribution in [-0.4, -0.2) is 12.5 Å². The van der Waals surface area contributed by atoms with E-state index >= 15 is 0 Å². The first-order valence-electron chi connectivity index (χ1n) is 6.51. The van der Waals surface area contributed by atoms with E-state index in [1.54, 1.807) is 18.2 Å². The quantitative estimate of drug-likeness (QED) is 0.744. The number of carbonyl (C=O) groups excluding carboxylic acids is 1. The van der Waals surface area contributed by atoms with E-state index in [0.717, 1.165) is 21.3 Å². The Balaban J connectivity index is 2.02. The van der Waals surface area contributed by atoms with E-state index in [-0.39, 0.29) is 12.5 Å². The van der Waals surface area contributed by atoms with Gasteiger partial charge in [0.1, 0.15) is 5.75 Å². The Morgan fingerprint density at radius 3 is 2.41 bits per heavy atom. The van der Waals surface area contributed by atoms with Crippen molar-refractivity contribution in [1.29, 1.82) is 0 Å². The van der Waals surface area contributed by atoms with E-state index in [1.807, 2.05) is 26.0 Å². The molecule has 0 fully saturated rings. The molecule has 0 saturated carbocycles. The predicted octanol–water partition coefficient (Wildman–Crippen LogP) is 5.39.